The Hall–Kier alpha value is -4.46. The summed E-state index contributed by atoms with van der Waals surface area (Å²) in [5.74, 6) is 0.252. The van der Waals surface area contributed by atoms with E-state index in [0.29, 0.717) is 34.3 Å². The first-order valence-electron chi connectivity index (χ1n) is 14.4. The molecule has 4 aromatic carbocycles. The molecule has 7 nitrogen and oxygen atoms in total. The summed E-state index contributed by atoms with van der Waals surface area (Å²) in [5, 5.41) is 5.94. The number of hydrogen-bond acceptors (Lipinski definition) is 6. The Morgan fingerprint density at radius 2 is 1.36 bits per heavy atom. The molecule has 0 atom stereocenters. The first-order chi connectivity index (χ1) is 21.4. The lowest BCUT2D eigenvalue weighted by Gasteiger charge is -2.33. The Balaban J connectivity index is 1.21. The number of nitrogens with zero attached hydrogens (tertiary/aromatic N) is 3. The minimum Gasteiger partial charge on any atom is -0.465 e. The van der Waals surface area contributed by atoms with Crippen molar-refractivity contribution in [3.8, 4) is 0 Å². The number of hydrogen-bond donors (Lipinski definition) is 1. The third-order valence-corrected chi connectivity index (χ3v) is 8.58. The second-order valence-corrected chi connectivity index (χ2v) is 11.7. The number of carbonyl (C=O) groups excluding carboxylic acids is 2. The zero-order valence-electron chi connectivity index (χ0n) is 24.0. The molecule has 1 saturated heterocycles. The van der Waals surface area contributed by atoms with E-state index in [2.05, 4.69) is 51.7 Å². The maximum atomic E-state index is 13.1. The number of aromatic nitrogens is 2. The van der Waals surface area contributed by atoms with Crippen molar-refractivity contribution in [2.75, 3.05) is 25.5 Å². The van der Waals surface area contributed by atoms with Gasteiger partial charge in [0, 0.05) is 46.0 Å². The van der Waals surface area contributed by atoms with Gasteiger partial charge in [0.1, 0.15) is 12.1 Å². The molecule has 0 saturated carbocycles. The van der Waals surface area contributed by atoms with Crippen LogP contribution in [-0.2, 0) is 4.74 Å². The summed E-state index contributed by atoms with van der Waals surface area (Å²) in [6.07, 6.45) is 3.13. The van der Waals surface area contributed by atoms with E-state index in [1.54, 1.807) is 30.6 Å². The number of ether oxygens (including phenoxy) is 1. The number of piperidine rings is 1. The van der Waals surface area contributed by atoms with E-state index < -0.39 is 5.97 Å². The van der Waals surface area contributed by atoms with Crippen LogP contribution in [-0.4, -0.2) is 53.0 Å². The molecule has 1 aromatic heterocycles. The van der Waals surface area contributed by atoms with E-state index in [4.69, 9.17) is 27.9 Å². The van der Waals surface area contributed by atoms with Crippen molar-refractivity contribution < 1.29 is 14.3 Å². The number of fused-ring (bicyclic) bond motifs is 1. The van der Waals surface area contributed by atoms with Crippen LogP contribution >= 0.6 is 23.2 Å². The lowest BCUT2D eigenvalue weighted by Crippen LogP contribution is -2.42. The van der Waals surface area contributed by atoms with Gasteiger partial charge in [0.15, 0.2) is 0 Å². The molecule has 1 fully saturated rings. The summed E-state index contributed by atoms with van der Waals surface area (Å²) in [4.78, 5) is 35.8. The molecule has 222 valence electrons. The van der Waals surface area contributed by atoms with Crippen molar-refractivity contribution in [2.24, 2.45) is 0 Å². The molecule has 1 N–H and O–H groups in total. The number of halogens is 2. The molecule has 0 spiro atoms. The van der Waals surface area contributed by atoms with Crippen LogP contribution in [0.15, 0.2) is 97.3 Å². The van der Waals surface area contributed by atoms with E-state index >= 15 is 0 Å². The average molecular weight is 626 g/mol. The molecule has 6 rings (SSSR count). The fourth-order valence-electron chi connectivity index (χ4n) is 5.73. The van der Waals surface area contributed by atoms with Crippen LogP contribution < -0.4 is 5.32 Å². The van der Waals surface area contributed by atoms with Gasteiger partial charge in [-0.25, -0.2) is 14.8 Å². The van der Waals surface area contributed by atoms with E-state index in [1.165, 1.54) is 7.11 Å². The Kier molecular flexibility index (Phi) is 8.77. The van der Waals surface area contributed by atoms with Gasteiger partial charge in [0.2, 0.25) is 0 Å². The summed E-state index contributed by atoms with van der Waals surface area (Å²) in [7, 11) is 1.34. The SMILES string of the molecule is COC(=O)c1ccc(C(=O)N2CCC(Nc3ncnc4ccc(C(c5ccc(Cl)cc5)c5ccc(Cl)cc5)cc34)CC2)cc1. The Morgan fingerprint density at radius 1 is 0.795 bits per heavy atom. The second-order valence-electron chi connectivity index (χ2n) is 10.8. The summed E-state index contributed by atoms with van der Waals surface area (Å²) >= 11 is 12.4. The summed E-state index contributed by atoms with van der Waals surface area (Å²) in [6.45, 7) is 1.22. The van der Waals surface area contributed by atoms with Gasteiger partial charge < -0.3 is 15.0 Å². The lowest BCUT2D eigenvalue weighted by atomic mass is 9.84. The maximum Gasteiger partial charge on any atom is 0.337 e. The van der Waals surface area contributed by atoms with E-state index in [1.807, 2.05) is 35.2 Å². The highest BCUT2D eigenvalue weighted by Crippen LogP contribution is 2.36. The minimum absolute atomic E-state index is 0.0436. The topological polar surface area (TPSA) is 84.4 Å². The van der Waals surface area contributed by atoms with Gasteiger partial charge >= 0.3 is 5.97 Å². The molecule has 2 heterocycles. The van der Waals surface area contributed by atoms with Crippen molar-refractivity contribution in [3.63, 3.8) is 0 Å². The van der Waals surface area contributed by atoms with Crippen molar-refractivity contribution in [1.29, 1.82) is 0 Å². The van der Waals surface area contributed by atoms with Crippen LogP contribution in [0.5, 0.6) is 0 Å². The van der Waals surface area contributed by atoms with Gasteiger partial charge in [-0.15, -0.1) is 0 Å². The van der Waals surface area contributed by atoms with Crippen LogP contribution in [0, 0.1) is 0 Å². The smallest absolute Gasteiger partial charge is 0.337 e. The number of anilines is 1. The highest BCUT2D eigenvalue weighted by molar-refractivity contribution is 6.30. The molecular weight excluding hydrogens is 595 g/mol. The normalized spacial score (nSPS) is 13.7. The standard InChI is InChI=1S/C35H30Cl2N4O3/c1-44-35(43)25-4-2-24(3-5-25)34(42)41-18-16-29(17-19-41)40-33-30-20-26(10-15-31(30)38-21-39-33)32(22-6-11-27(36)12-7-22)23-8-13-28(37)14-9-23/h2-15,20-21,29,32H,16-19H2,1H3,(H,38,39,40). The molecule has 5 aromatic rings. The predicted octanol–water partition coefficient (Wildman–Crippen LogP) is 7.62. The van der Waals surface area contributed by atoms with E-state index in [9.17, 15) is 9.59 Å². The molecule has 1 amide bonds. The van der Waals surface area contributed by atoms with Gasteiger partial charge in [-0.2, -0.15) is 0 Å². The van der Waals surface area contributed by atoms with Gasteiger partial charge in [-0.05, 0) is 90.2 Å². The minimum atomic E-state index is -0.425. The molecule has 0 radical (unpaired) electrons. The maximum absolute atomic E-state index is 13.1. The van der Waals surface area contributed by atoms with Crippen molar-refractivity contribution >= 4 is 51.8 Å². The number of methoxy groups -OCH3 is 1. The zero-order valence-corrected chi connectivity index (χ0v) is 25.6. The largest absolute Gasteiger partial charge is 0.465 e. The van der Waals surface area contributed by atoms with Gasteiger partial charge in [-0.3, -0.25) is 4.79 Å². The van der Waals surface area contributed by atoms with Crippen LogP contribution in [0.1, 0.15) is 56.2 Å². The molecule has 44 heavy (non-hydrogen) atoms. The monoisotopic (exact) mass is 624 g/mol. The average Bonchev–Trinajstić information content (AvgIpc) is 3.06. The van der Waals surface area contributed by atoms with Crippen molar-refractivity contribution in [3.05, 3.63) is 135 Å². The van der Waals surface area contributed by atoms with E-state index in [0.717, 1.165) is 46.3 Å². The van der Waals surface area contributed by atoms with Gasteiger partial charge in [0.05, 0.1) is 18.2 Å². The Bertz CT molecular complexity index is 1740. The molecular formula is C35H30Cl2N4O3. The Labute approximate surface area is 265 Å². The fourth-order valence-corrected chi connectivity index (χ4v) is 5.98. The second kappa shape index (κ2) is 13.0. The predicted molar refractivity (Wildman–Crippen MR) is 174 cm³/mol. The number of benzene rings is 4. The number of rotatable bonds is 7. The summed E-state index contributed by atoms with van der Waals surface area (Å²) in [5.41, 5.74) is 5.13. The van der Waals surface area contributed by atoms with Crippen LogP contribution in [0.3, 0.4) is 0 Å². The molecule has 0 aliphatic carbocycles. The van der Waals surface area contributed by atoms with Crippen LogP contribution in [0.2, 0.25) is 10.0 Å². The molecule has 9 heteroatoms. The number of amides is 1. The number of carbonyl (C=O) groups is 2. The highest BCUT2D eigenvalue weighted by atomic mass is 35.5. The number of esters is 1. The van der Waals surface area contributed by atoms with Gasteiger partial charge in [-0.1, -0.05) is 53.5 Å². The third kappa shape index (κ3) is 6.39. The van der Waals surface area contributed by atoms with Crippen LogP contribution in [0.4, 0.5) is 5.82 Å². The molecule has 0 bridgehead atoms. The zero-order chi connectivity index (χ0) is 30.6. The first kappa shape index (κ1) is 29.6. The fraction of sp³-hybridized carbons (Fsp3) is 0.200. The lowest BCUT2D eigenvalue weighted by molar-refractivity contribution is 0.0599. The van der Waals surface area contributed by atoms with Crippen molar-refractivity contribution in [1.82, 2.24) is 14.9 Å². The van der Waals surface area contributed by atoms with Gasteiger partial charge in [0.25, 0.3) is 5.91 Å². The van der Waals surface area contributed by atoms with E-state index in [-0.39, 0.29) is 17.9 Å². The molecule has 0 unspecified atom stereocenters. The molecule has 1 aliphatic heterocycles. The third-order valence-electron chi connectivity index (χ3n) is 8.08. The number of likely N-dealkylation sites (tertiary alicyclic amines) is 1. The molecule has 1 aliphatic rings. The summed E-state index contributed by atoms with van der Waals surface area (Å²) < 4.78 is 4.75. The quantitative estimate of drug-likeness (QED) is 0.148. The highest BCUT2D eigenvalue weighted by Gasteiger charge is 2.25. The summed E-state index contributed by atoms with van der Waals surface area (Å²) in [6, 6.07) is 28.8. The first-order valence-corrected chi connectivity index (χ1v) is 15.1. The van der Waals surface area contributed by atoms with Crippen LogP contribution in [0.25, 0.3) is 10.9 Å². The number of nitrogens with one attached hydrogen (secondary N) is 1. The van der Waals surface area contributed by atoms with Crippen molar-refractivity contribution in [2.45, 2.75) is 24.8 Å². The Morgan fingerprint density at radius 3 is 1.95 bits per heavy atom.